The van der Waals surface area contributed by atoms with Crippen molar-refractivity contribution in [1.29, 1.82) is 0 Å². The van der Waals surface area contributed by atoms with E-state index in [4.69, 9.17) is 16.3 Å². The van der Waals surface area contributed by atoms with Gasteiger partial charge in [0.2, 0.25) is 5.91 Å². The topological polar surface area (TPSA) is 51.2 Å². The van der Waals surface area contributed by atoms with Crippen molar-refractivity contribution in [3.05, 3.63) is 81.3 Å². The van der Waals surface area contributed by atoms with Gasteiger partial charge in [-0.25, -0.2) is 4.98 Å². The summed E-state index contributed by atoms with van der Waals surface area (Å²) >= 11 is 7.69. The first-order valence-corrected chi connectivity index (χ1v) is 10.1. The van der Waals surface area contributed by atoms with Crippen LogP contribution in [0.4, 0.5) is 5.13 Å². The van der Waals surface area contributed by atoms with E-state index in [2.05, 4.69) is 16.4 Å². The molecule has 1 aliphatic rings. The molecule has 0 saturated carbocycles. The van der Waals surface area contributed by atoms with Gasteiger partial charge < -0.3 is 10.1 Å². The third kappa shape index (κ3) is 4.38. The van der Waals surface area contributed by atoms with Gasteiger partial charge in [0.1, 0.15) is 0 Å². The van der Waals surface area contributed by atoms with Crippen LogP contribution in [0.3, 0.4) is 0 Å². The summed E-state index contributed by atoms with van der Waals surface area (Å²) in [6.45, 7) is 0.647. The van der Waals surface area contributed by atoms with E-state index in [0.29, 0.717) is 18.2 Å². The van der Waals surface area contributed by atoms with Crippen molar-refractivity contribution in [3.63, 3.8) is 0 Å². The normalized spacial score (nSPS) is 16.0. The standard InChI is InChI=1S/C21H19ClN2O2S/c22-18-8-4-2-6-15(18)11-16-13-23-21(27-16)24-20(25)12-19-17-7-3-1-5-14(17)9-10-26-19/h1-8,13,19H,9-12H2,(H,23,24,25). The molecule has 1 atom stereocenters. The van der Waals surface area contributed by atoms with Gasteiger partial charge in [-0.3, -0.25) is 4.79 Å². The first kappa shape index (κ1) is 18.2. The third-order valence-electron chi connectivity index (χ3n) is 4.59. The number of thiazole rings is 1. The van der Waals surface area contributed by atoms with Crippen molar-refractivity contribution < 1.29 is 9.53 Å². The Kier molecular flexibility index (Phi) is 5.53. The fourth-order valence-corrected chi connectivity index (χ4v) is 4.32. The van der Waals surface area contributed by atoms with E-state index in [0.717, 1.165) is 27.4 Å². The van der Waals surface area contributed by atoms with E-state index >= 15 is 0 Å². The van der Waals surface area contributed by atoms with Crippen LogP contribution in [0.5, 0.6) is 0 Å². The highest BCUT2D eigenvalue weighted by molar-refractivity contribution is 7.15. The van der Waals surface area contributed by atoms with Crippen molar-refractivity contribution in [1.82, 2.24) is 4.98 Å². The van der Waals surface area contributed by atoms with Crippen LogP contribution in [-0.4, -0.2) is 17.5 Å². The highest BCUT2D eigenvalue weighted by Gasteiger charge is 2.23. The summed E-state index contributed by atoms with van der Waals surface area (Å²) in [5.74, 6) is -0.0876. The summed E-state index contributed by atoms with van der Waals surface area (Å²) in [4.78, 5) is 17.8. The number of carbonyl (C=O) groups is 1. The molecule has 1 amide bonds. The molecule has 1 aliphatic heterocycles. The van der Waals surface area contributed by atoms with Crippen LogP contribution in [0.25, 0.3) is 0 Å². The molecule has 0 bridgehead atoms. The summed E-state index contributed by atoms with van der Waals surface area (Å²) in [5, 5.41) is 4.24. The van der Waals surface area contributed by atoms with Crippen LogP contribution in [0.1, 0.15) is 34.1 Å². The summed E-state index contributed by atoms with van der Waals surface area (Å²) in [7, 11) is 0. The molecule has 3 aromatic rings. The van der Waals surface area contributed by atoms with Gasteiger partial charge in [-0.05, 0) is 29.2 Å². The number of hydrogen-bond donors (Lipinski definition) is 1. The van der Waals surface area contributed by atoms with Crippen LogP contribution >= 0.6 is 22.9 Å². The van der Waals surface area contributed by atoms with Gasteiger partial charge in [-0.15, -0.1) is 11.3 Å². The summed E-state index contributed by atoms with van der Waals surface area (Å²) in [6, 6.07) is 15.9. The molecule has 4 rings (SSSR count). The molecule has 0 spiro atoms. The van der Waals surface area contributed by atoms with E-state index < -0.39 is 0 Å². The van der Waals surface area contributed by atoms with Gasteiger partial charge in [0.25, 0.3) is 0 Å². The predicted molar refractivity (Wildman–Crippen MR) is 108 cm³/mol. The molecule has 2 aromatic carbocycles. The van der Waals surface area contributed by atoms with E-state index in [9.17, 15) is 4.79 Å². The Morgan fingerprint density at radius 2 is 2.04 bits per heavy atom. The fraction of sp³-hybridized carbons (Fsp3) is 0.238. The maximum atomic E-state index is 12.5. The number of ether oxygens (including phenoxy) is 1. The highest BCUT2D eigenvalue weighted by atomic mass is 35.5. The molecule has 0 aliphatic carbocycles. The Bertz CT molecular complexity index is 957. The Hall–Kier alpha value is -2.21. The first-order chi connectivity index (χ1) is 13.2. The lowest BCUT2D eigenvalue weighted by Gasteiger charge is -2.25. The number of benzene rings is 2. The number of fused-ring (bicyclic) bond motifs is 1. The van der Waals surface area contributed by atoms with E-state index in [1.807, 2.05) is 42.5 Å². The molecule has 0 radical (unpaired) electrons. The van der Waals surface area contributed by atoms with Gasteiger partial charge >= 0.3 is 0 Å². The number of aromatic nitrogens is 1. The molecule has 27 heavy (non-hydrogen) atoms. The molecule has 0 saturated heterocycles. The lowest BCUT2D eigenvalue weighted by atomic mass is 9.96. The number of nitrogens with zero attached hydrogens (tertiary/aromatic N) is 1. The van der Waals surface area contributed by atoms with Crippen LogP contribution in [0, 0.1) is 0 Å². The van der Waals surface area contributed by atoms with Gasteiger partial charge in [-0.1, -0.05) is 54.1 Å². The van der Waals surface area contributed by atoms with E-state index in [-0.39, 0.29) is 18.4 Å². The van der Waals surface area contributed by atoms with Crippen molar-refractivity contribution in [2.45, 2.75) is 25.4 Å². The Morgan fingerprint density at radius 1 is 1.22 bits per heavy atom. The van der Waals surface area contributed by atoms with Crippen molar-refractivity contribution in [2.75, 3.05) is 11.9 Å². The van der Waals surface area contributed by atoms with E-state index in [1.165, 1.54) is 16.9 Å². The number of rotatable bonds is 5. The second-order valence-corrected chi connectivity index (χ2v) is 7.98. The van der Waals surface area contributed by atoms with Crippen molar-refractivity contribution in [3.8, 4) is 0 Å². The van der Waals surface area contributed by atoms with Crippen molar-refractivity contribution >= 4 is 34.0 Å². The molecule has 138 valence electrons. The minimum atomic E-state index is -0.197. The SMILES string of the molecule is O=C(CC1OCCc2ccccc21)Nc1ncc(Cc2ccccc2Cl)s1. The Morgan fingerprint density at radius 3 is 2.93 bits per heavy atom. The average Bonchev–Trinajstić information content (AvgIpc) is 3.11. The lowest BCUT2D eigenvalue weighted by Crippen LogP contribution is -2.22. The number of hydrogen-bond acceptors (Lipinski definition) is 4. The number of anilines is 1. The van der Waals surface area contributed by atoms with Gasteiger partial charge in [0.15, 0.2) is 5.13 Å². The zero-order chi connectivity index (χ0) is 18.6. The molecular weight excluding hydrogens is 380 g/mol. The number of amides is 1. The summed E-state index contributed by atoms with van der Waals surface area (Å²) in [5.41, 5.74) is 3.42. The fourth-order valence-electron chi connectivity index (χ4n) is 3.26. The first-order valence-electron chi connectivity index (χ1n) is 8.86. The van der Waals surface area contributed by atoms with Crippen LogP contribution in [0.2, 0.25) is 5.02 Å². The van der Waals surface area contributed by atoms with Gasteiger partial charge in [0.05, 0.1) is 19.1 Å². The molecular formula is C21H19ClN2O2S. The van der Waals surface area contributed by atoms with Crippen LogP contribution < -0.4 is 5.32 Å². The largest absolute Gasteiger partial charge is 0.373 e. The second-order valence-electron chi connectivity index (χ2n) is 6.46. The number of halogens is 1. The maximum Gasteiger partial charge on any atom is 0.229 e. The molecule has 6 heteroatoms. The minimum absolute atomic E-state index is 0.0876. The number of nitrogens with one attached hydrogen (secondary N) is 1. The highest BCUT2D eigenvalue weighted by Crippen LogP contribution is 2.30. The third-order valence-corrected chi connectivity index (χ3v) is 5.87. The zero-order valence-electron chi connectivity index (χ0n) is 14.7. The van der Waals surface area contributed by atoms with E-state index in [1.54, 1.807) is 6.20 Å². The van der Waals surface area contributed by atoms with Gasteiger partial charge in [-0.2, -0.15) is 0 Å². The van der Waals surface area contributed by atoms with Gasteiger partial charge in [0, 0.05) is 22.5 Å². The maximum absolute atomic E-state index is 12.5. The van der Waals surface area contributed by atoms with Crippen LogP contribution in [0.15, 0.2) is 54.7 Å². The molecule has 0 fully saturated rings. The summed E-state index contributed by atoms with van der Waals surface area (Å²) < 4.78 is 5.82. The quantitative estimate of drug-likeness (QED) is 0.655. The Labute approximate surface area is 167 Å². The molecule has 1 N–H and O–H groups in total. The molecule has 1 unspecified atom stereocenters. The molecule has 4 nitrogen and oxygen atoms in total. The molecule has 2 heterocycles. The predicted octanol–water partition coefficient (Wildman–Crippen LogP) is 5.03. The average molecular weight is 399 g/mol. The van der Waals surface area contributed by atoms with Crippen molar-refractivity contribution in [2.24, 2.45) is 0 Å². The smallest absolute Gasteiger partial charge is 0.229 e. The van der Waals surface area contributed by atoms with Crippen LogP contribution in [-0.2, 0) is 22.4 Å². The lowest BCUT2D eigenvalue weighted by molar-refractivity contribution is -0.119. The summed E-state index contributed by atoms with van der Waals surface area (Å²) in [6.07, 6.45) is 3.47. The Balaban J connectivity index is 1.38. The minimum Gasteiger partial charge on any atom is -0.373 e. The molecule has 1 aromatic heterocycles. The zero-order valence-corrected chi connectivity index (χ0v) is 16.2. The monoisotopic (exact) mass is 398 g/mol. The number of carbonyl (C=O) groups excluding carboxylic acids is 1. The second kappa shape index (κ2) is 8.21.